The molecule has 2 fully saturated rings. The van der Waals surface area contributed by atoms with Crippen LogP contribution in [0.15, 0.2) is 12.1 Å². The van der Waals surface area contributed by atoms with Gasteiger partial charge in [0.2, 0.25) is 5.91 Å². The van der Waals surface area contributed by atoms with E-state index in [0.29, 0.717) is 25.4 Å². The number of carbonyl (C=O) groups is 2. The average molecular weight is 430 g/mol. The first-order chi connectivity index (χ1) is 14.9. The number of hydrogen-bond acceptors (Lipinski definition) is 5. The lowest BCUT2D eigenvalue weighted by molar-refractivity contribution is -0.143. The van der Waals surface area contributed by atoms with Crippen molar-refractivity contribution in [2.24, 2.45) is 11.3 Å². The number of fused-ring (bicyclic) bond motifs is 1. The fourth-order valence-corrected chi connectivity index (χ4v) is 4.54. The van der Waals surface area contributed by atoms with E-state index in [4.69, 9.17) is 9.72 Å². The second-order valence-corrected chi connectivity index (χ2v) is 9.94. The fourth-order valence-electron chi connectivity index (χ4n) is 4.54. The lowest BCUT2D eigenvalue weighted by Gasteiger charge is -2.35. The summed E-state index contributed by atoms with van der Waals surface area (Å²) in [6, 6.07) is 3.50. The van der Waals surface area contributed by atoms with E-state index in [1.807, 2.05) is 0 Å². The van der Waals surface area contributed by atoms with Crippen LogP contribution in [0.25, 0.3) is 0 Å². The van der Waals surface area contributed by atoms with Gasteiger partial charge in [-0.05, 0) is 74.3 Å². The lowest BCUT2D eigenvalue weighted by atomic mass is 9.79. The molecule has 7 heteroatoms. The monoisotopic (exact) mass is 429 g/mol. The highest BCUT2D eigenvalue weighted by molar-refractivity contribution is 5.84. The van der Waals surface area contributed by atoms with Crippen LogP contribution in [0, 0.1) is 11.3 Å². The molecule has 0 aromatic carbocycles. The molecule has 0 radical (unpaired) electrons. The third kappa shape index (κ3) is 6.19. The Morgan fingerprint density at radius 1 is 1.35 bits per heavy atom. The molecule has 1 atom stereocenters. The minimum atomic E-state index is -0.989. The van der Waals surface area contributed by atoms with Gasteiger partial charge in [-0.3, -0.25) is 4.79 Å². The molecule has 2 saturated carbocycles. The quantitative estimate of drug-likeness (QED) is 0.499. The third-order valence-electron chi connectivity index (χ3n) is 7.04. The number of nitrogens with one attached hydrogen (secondary N) is 2. The van der Waals surface area contributed by atoms with E-state index in [2.05, 4.69) is 29.7 Å². The van der Waals surface area contributed by atoms with Crippen molar-refractivity contribution in [2.75, 3.05) is 18.5 Å². The van der Waals surface area contributed by atoms with Gasteiger partial charge in [0.05, 0.1) is 6.10 Å². The Labute approximate surface area is 184 Å². The number of rotatable bonds is 11. The van der Waals surface area contributed by atoms with Crippen LogP contribution >= 0.6 is 0 Å². The normalized spacial score (nSPS) is 24.3. The zero-order valence-corrected chi connectivity index (χ0v) is 18.5. The molecule has 2 heterocycles. The highest BCUT2D eigenvalue weighted by atomic mass is 16.5. The van der Waals surface area contributed by atoms with Crippen LogP contribution in [0.2, 0.25) is 0 Å². The summed E-state index contributed by atoms with van der Waals surface area (Å²) in [5.74, 6) is 0.549. The molecule has 170 valence electrons. The number of hydrogen-bond donors (Lipinski definition) is 3. The van der Waals surface area contributed by atoms with E-state index >= 15 is 0 Å². The summed E-state index contributed by atoms with van der Waals surface area (Å²) < 4.78 is 5.87. The standard InChI is InChI=1S/C24H35N3O4/c1-24(9-10-24)15-21(28)27-20(23(29)30)8-12-31-19-13-16(14-19)4-6-18-7-5-17-3-2-11-25-22(17)26-18/h5,7,16,19-20H,2-4,6,8-15H2,1H3,(H,25,26)(H,27,28)(H,29,30)/t16?,19?,20-/m0/s1. The maximum atomic E-state index is 12.1. The number of carboxylic acid groups (broad SMARTS) is 1. The van der Waals surface area contributed by atoms with E-state index < -0.39 is 12.0 Å². The molecule has 3 aliphatic rings. The number of nitrogens with zero attached hydrogens (tertiary/aromatic N) is 1. The van der Waals surface area contributed by atoms with E-state index in [9.17, 15) is 14.7 Å². The molecule has 4 rings (SSSR count). The Morgan fingerprint density at radius 3 is 2.90 bits per heavy atom. The molecule has 31 heavy (non-hydrogen) atoms. The summed E-state index contributed by atoms with van der Waals surface area (Å²) in [6.07, 6.45) is 9.45. The molecule has 1 aliphatic heterocycles. The van der Waals surface area contributed by atoms with Gasteiger partial charge in [0, 0.05) is 31.7 Å². The second-order valence-electron chi connectivity index (χ2n) is 9.94. The summed E-state index contributed by atoms with van der Waals surface area (Å²) in [5.41, 5.74) is 2.55. The van der Waals surface area contributed by atoms with Gasteiger partial charge < -0.3 is 20.5 Å². The highest BCUT2D eigenvalue weighted by Crippen LogP contribution is 2.48. The minimum Gasteiger partial charge on any atom is -0.480 e. The van der Waals surface area contributed by atoms with Crippen LogP contribution < -0.4 is 10.6 Å². The highest BCUT2D eigenvalue weighted by Gasteiger charge is 2.39. The van der Waals surface area contributed by atoms with Crippen LogP contribution in [0.3, 0.4) is 0 Å². The maximum absolute atomic E-state index is 12.1. The molecule has 7 nitrogen and oxygen atoms in total. The Kier molecular flexibility index (Phi) is 6.80. The maximum Gasteiger partial charge on any atom is 0.326 e. The van der Waals surface area contributed by atoms with Crippen LogP contribution in [0.5, 0.6) is 0 Å². The SMILES string of the molecule is CC1(CC(=O)N[C@@H](CCOC2CC(CCc3ccc4c(n3)NCCC4)C2)C(=O)O)CC1. The molecule has 1 aromatic rings. The molecule has 0 unspecified atom stereocenters. The summed E-state index contributed by atoms with van der Waals surface area (Å²) in [4.78, 5) is 28.3. The molecule has 1 amide bonds. The largest absolute Gasteiger partial charge is 0.480 e. The topological polar surface area (TPSA) is 101 Å². The number of pyridine rings is 1. The van der Waals surface area contributed by atoms with Crippen molar-refractivity contribution in [1.82, 2.24) is 10.3 Å². The molecule has 2 aliphatic carbocycles. The number of aryl methyl sites for hydroxylation is 2. The smallest absolute Gasteiger partial charge is 0.326 e. The van der Waals surface area contributed by atoms with Crippen molar-refractivity contribution in [3.05, 3.63) is 23.4 Å². The molecule has 1 aromatic heterocycles. The van der Waals surface area contributed by atoms with E-state index in [1.165, 1.54) is 12.0 Å². The van der Waals surface area contributed by atoms with Gasteiger partial charge in [-0.15, -0.1) is 0 Å². The molecule has 0 bridgehead atoms. The van der Waals surface area contributed by atoms with Crippen molar-refractivity contribution < 1.29 is 19.4 Å². The van der Waals surface area contributed by atoms with Crippen molar-refractivity contribution in [1.29, 1.82) is 0 Å². The zero-order chi connectivity index (χ0) is 21.8. The second kappa shape index (κ2) is 9.55. The molecular formula is C24H35N3O4. The van der Waals surface area contributed by atoms with Crippen LogP contribution in [-0.2, 0) is 27.2 Å². The van der Waals surface area contributed by atoms with Gasteiger partial charge in [0.15, 0.2) is 0 Å². The van der Waals surface area contributed by atoms with Crippen molar-refractivity contribution >= 4 is 17.7 Å². The summed E-state index contributed by atoms with van der Waals surface area (Å²) >= 11 is 0. The number of anilines is 1. The van der Waals surface area contributed by atoms with E-state index in [0.717, 1.165) is 63.0 Å². The van der Waals surface area contributed by atoms with Gasteiger partial charge in [0.25, 0.3) is 0 Å². The Hall–Kier alpha value is -2.15. The predicted octanol–water partition coefficient (Wildman–Crippen LogP) is 3.32. The predicted molar refractivity (Wildman–Crippen MR) is 118 cm³/mol. The van der Waals surface area contributed by atoms with Gasteiger partial charge in [-0.2, -0.15) is 0 Å². The first-order valence-electron chi connectivity index (χ1n) is 11.8. The van der Waals surface area contributed by atoms with Crippen molar-refractivity contribution in [3.8, 4) is 0 Å². The van der Waals surface area contributed by atoms with Crippen LogP contribution in [0.1, 0.15) is 69.5 Å². The first kappa shape index (κ1) is 22.1. The molecular weight excluding hydrogens is 394 g/mol. The Bertz CT molecular complexity index is 802. The lowest BCUT2D eigenvalue weighted by Crippen LogP contribution is -2.42. The van der Waals surface area contributed by atoms with Gasteiger partial charge in [0.1, 0.15) is 11.9 Å². The Morgan fingerprint density at radius 2 is 2.16 bits per heavy atom. The summed E-state index contributed by atoms with van der Waals surface area (Å²) in [5, 5.41) is 15.4. The fraction of sp³-hybridized carbons (Fsp3) is 0.708. The first-order valence-corrected chi connectivity index (χ1v) is 11.8. The van der Waals surface area contributed by atoms with Crippen LogP contribution in [-0.4, -0.2) is 47.3 Å². The van der Waals surface area contributed by atoms with E-state index in [-0.39, 0.29) is 17.4 Å². The average Bonchev–Trinajstić information content (AvgIpc) is 3.44. The van der Waals surface area contributed by atoms with Crippen molar-refractivity contribution in [2.45, 2.75) is 83.3 Å². The molecule has 0 saturated heterocycles. The number of aliphatic carboxylic acids is 1. The molecule has 0 spiro atoms. The minimum absolute atomic E-state index is 0.0791. The Balaban J connectivity index is 1.11. The number of ether oxygens (including phenoxy) is 1. The zero-order valence-electron chi connectivity index (χ0n) is 18.5. The number of amides is 1. The number of carboxylic acids is 1. The molecule has 3 N–H and O–H groups in total. The summed E-state index contributed by atoms with van der Waals surface area (Å²) in [7, 11) is 0. The van der Waals surface area contributed by atoms with Gasteiger partial charge in [-0.1, -0.05) is 13.0 Å². The van der Waals surface area contributed by atoms with Crippen LogP contribution in [0.4, 0.5) is 5.82 Å². The third-order valence-corrected chi connectivity index (χ3v) is 7.04. The number of carbonyl (C=O) groups excluding carboxylic acids is 1. The van der Waals surface area contributed by atoms with E-state index in [1.54, 1.807) is 0 Å². The van der Waals surface area contributed by atoms with Crippen molar-refractivity contribution in [3.63, 3.8) is 0 Å². The van der Waals surface area contributed by atoms with Gasteiger partial charge >= 0.3 is 5.97 Å². The van der Waals surface area contributed by atoms with Gasteiger partial charge in [-0.25, -0.2) is 9.78 Å². The number of aromatic nitrogens is 1. The summed E-state index contributed by atoms with van der Waals surface area (Å²) in [6.45, 7) is 3.44.